The van der Waals surface area contributed by atoms with E-state index >= 15 is 0 Å². The molecular weight excluding hydrogens is 402 g/mol. The second-order valence-electron chi connectivity index (χ2n) is 7.77. The maximum atomic E-state index is 12.8. The number of rotatable bonds is 6. The predicted molar refractivity (Wildman–Crippen MR) is 115 cm³/mol. The second-order valence-corrected chi connectivity index (χ2v) is 8.85. The van der Waals surface area contributed by atoms with Crippen molar-refractivity contribution in [2.75, 3.05) is 13.2 Å². The summed E-state index contributed by atoms with van der Waals surface area (Å²) < 4.78 is 11.0. The smallest absolute Gasteiger partial charge is 0.340 e. The predicted octanol–water partition coefficient (Wildman–Crippen LogP) is 4.20. The maximum Gasteiger partial charge on any atom is 0.340 e. The first-order valence-electron chi connectivity index (χ1n) is 10.2. The van der Waals surface area contributed by atoms with E-state index in [9.17, 15) is 9.59 Å². The van der Waals surface area contributed by atoms with Gasteiger partial charge in [0.25, 0.3) is 0 Å². The highest BCUT2D eigenvalue weighted by molar-refractivity contribution is 7.18. The first-order chi connectivity index (χ1) is 14.4. The van der Waals surface area contributed by atoms with Crippen molar-refractivity contribution in [3.8, 4) is 5.88 Å². The van der Waals surface area contributed by atoms with Gasteiger partial charge < -0.3 is 14.5 Å². The van der Waals surface area contributed by atoms with E-state index in [-0.39, 0.29) is 19.0 Å². The Labute approximate surface area is 178 Å². The third kappa shape index (κ3) is 3.60. The Kier molecular flexibility index (Phi) is 5.60. The Balaban J connectivity index is 1.57. The van der Waals surface area contributed by atoms with Crippen molar-refractivity contribution >= 4 is 33.3 Å². The summed E-state index contributed by atoms with van der Waals surface area (Å²) in [6.07, 6.45) is 4.64. The number of H-pyrrole nitrogens is 1. The lowest BCUT2D eigenvalue weighted by molar-refractivity contribution is 0.0525. The molecule has 3 aromatic heterocycles. The van der Waals surface area contributed by atoms with Crippen LogP contribution in [0, 0.1) is 19.8 Å². The van der Waals surface area contributed by atoms with Crippen LogP contribution in [-0.4, -0.2) is 39.9 Å². The Morgan fingerprint density at radius 2 is 2.10 bits per heavy atom. The molecule has 7 nitrogen and oxygen atoms in total. The molecule has 0 amide bonds. The van der Waals surface area contributed by atoms with Crippen LogP contribution in [0.2, 0.25) is 0 Å². The number of esters is 1. The van der Waals surface area contributed by atoms with Crippen molar-refractivity contribution < 1.29 is 19.1 Å². The largest absolute Gasteiger partial charge is 0.469 e. The lowest BCUT2D eigenvalue weighted by Crippen LogP contribution is -2.15. The van der Waals surface area contributed by atoms with Gasteiger partial charge in [-0.3, -0.25) is 4.79 Å². The normalized spacial score (nSPS) is 15.8. The van der Waals surface area contributed by atoms with E-state index in [1.807, 2.05) is 0 Å². The molecule has 1 unspecified atom stereocenters. The molecule has 0 fully saturated rings. The zero-order valence-corrected chi connectivity index (χ0v) is 18.4. The topological polar surface area (TPSA) is 94.2 Å². The number of hydrogen-bond acceptors (Lipinski definition) is 7. The third-order valence-corrected chi connectivity index (χ3v) is 6.76. The molecule has 4 rings (SSSR count). The number of carbonyl (C=O) groups is 2. The van der Waals surface area contributed by atoms with Crippen molar-refractivity contribution in [2.24, 2.45) is 5.92 Å². The van der Waals surface area contributed by atoms with Crippen LogP contribution < -0.4 is 4.74 Å². The third-order valence-electron chi connectivity index (χ3n) is 5.59. The van der Waals surface area contributed by atoms with Crippen LogP contribution in [0.1, 0.15) is 62.8 Å². The monoisotopic (exact) mass is 427 g/mol. The van der Waals surface area contributed by atoms with Crippen LogP contribution in [0.15, 0.2) is 6.33 Å². The molecule has 0 saturated carbocycles. The highest BCUT2D eigenvalue weighted by atomic mass is 32.1. The summed E-state index contributed by atoms with van der Waals surface area (Å²) in [4.78, 5) is 39.0. The number of Topliss-reactive ketones (excluding diaryl/α,β-unsaturated/α-hetero) is 1. The highest BCUT2D eigenvalue weighted by Gasteiger charge is 2.26. The Morgan fingerprint density at radius 3 is 2.87 bits per heavy atom. The summed E-state index contributed by atoms with van der Waals surface area (Å²) in [5.74, 6) is 0.445. The lowest BCUT2D eigenvalue weighted by Gasteiger charge is -2.18. The number of aromatic amines is 1. The van der Waals surface area contributed by atoms with E-state index in [1.54, 1.807) is 32.1 Å². The fourth-order valence-corrected chi connectivity index (χ4v) is 5.44. The summed E-state index contributed by atoms with van der Waals surface area (Å²) in [6, 6.07) is 0. The van der Waals surface area contributed by atoms with E-state index in [2.05, 4.69) is 21.9 Å². The van der Waals surface area contributed by atoms with Crippen LogP contribution in [0.5, 0.6) is 5.88 Å². The Hall–Kier alpha value is -2.74. The molecule has 1 aliphatic rings. The lowest BCUT2D eigenvalue weighted by atomic mass is 9.89. The number of nitrogens with zero attached hydrogens (tertiary/aromatic N) is 2. The number of thiophene rings is 1. The SMILES string of the molecule is CCOC(=O)c1c(C)[nH]c(C(=O)COc2ncnc3sc4c(c23)CCC(C)C4)c1C. The summed E-state index contributed by atoms with van der Waals surface area (Å²) in [5, 5.41) is 0.934. The quantitative estimate of drug-likeness (QED) is 0.468. The van der Waals surface area contributed by atoms with Crippen LogP contribution in [0.4, 0.5) is 0 Å². The van der Waals surface area contributed by atoms with Crippen LogP contribution >= 0.6 is 11.3 Å². The standard InChI is InChI=1S/C22H25N3O4S/c1-5-28-22(27)17-12(3)19(25-13(17)4)15(26)9-29-20-18-14-7-6-11(2)8-16(14)30-21(18)24-10-23-20/h10-11,25H,5-9H2,1-4H3. The minimum Gasteiger partial charge on any atom is -0.469 e. The molecule has 1 N–H and O–H groups in total. The number of hydrogen-bond donors (Lipinski definition) is 1. The van der Waals surface area contributed by atoms with Crippen molar-refractivity contribution in [2.45, 2.75) is 47.0 Å². The molecule has 30 heavy (non-hydrogen) atoms. The van der Waals surface area contributed by atoms with E-state index in [0.717, 1.165) is 29.5 Å². The highest BCUT2D eigenvalue weighted by Crippen LogP contribution is 2.40. The van der Waals surface area contributed by atoms with Gasteiger partial charge >= 0.3 is 5.97 Å². The summed E-state index contributed by atoms with van der Waals surface area (Å²) in [7, 11) is 0. The summed E-state index contributed by atoms with van der Waals surface area (Å²) >= 11 is 1.69. The van der Waals surface area contributed by atoms with Gasteiger partial charge in [-0.2, -0.15) is 0 Å². The summed E-state index contributed by atoms with van der Waals surface area (Å²) in [6.45, 7) is 7.62. The number of carbonyl (C=O) groups excluding carboxylic acids is 2. The minimum atomic E-state index is -0.430. The zero-order chi connectivity index (χ0) is 21.4. The molecule has 8 heteroatoms. The molecule has 3 aromatic rings. The fourth-order valence-electron chi connectivity index (χ4n) is 4.10. The number of ketones is 1. The molecule has 0 aliphatic heterocycles. The van der Waals surface area contributed by atoms with Crippen molar-refractivity contribution in [3.05, 3.63) is 39.3 Å². The number of nitrogens with one attached hydrogen (secondary N) is 1. The van der Waals surface area contributed by atoms with E-state index in [4.69, 9.17) is 9.47 Å². The average Bonchev–Trinajstić information content (AvgIpc) is 3.22. The molecule has 158 valence electrons. The molecular formula is C22H25N3O4S. The van der Waals surface area contributed by atoms with Crippen molar-refractivity contribution in [1.29, 1.82) is 0 Å². The Morgan fingerprint density at radius 1 is 1.30 bits per heavy atom. The van der Waals surface area contributed by atoms with E-state index < -0.39 is 5.97 Å². The van der Waals surface area contributed by atoms with Crippen LogP contribution in [-0.2, 0) is 17.6 Å². The fraction of sp³-hybridized carbons (Fsp3) is 0.455. The molecule has 0 radical (unpaired) electrons. The van der Waals surface area contributed by atoms with Gasteiger partial charge in [-0.1, -0.05) is 6.92 Å². The van der Waals surface area contributed by atoms with Gasteiger partial charge in [-0.15, -0.1) is 11.3 Å². The molecule has 3 heterocycles. The van der Waals surface area contributed by atoms with Crippen molar-refractivity contribution in [3.63, 3.8) is 0 Å². The maximum absolute atomic E-state index is 12.8. The average molecular weight is 428 g/mol. The molecule has 1 aliphatic carbocycles. The second kappa shape index (κ2) is 8.18. The number of aryl methyl sites for hydroxylation is 2. The number of aromatic nitrogens is 3. The summed E-state index contributed by atoms with van der Waals surface area (Å²) in [5.41, 5.74) is 3.22. The first kappa shape index (κ1) is 20.5. The minimum absolute atomic E-state index is 0.170. The molecule has 0 spiro atoms. The molecule has 0 bridgehead atoms. The van der Waals surface area contributed by atoms with Gasteiger partial charge in [0.2, 0.25) is 11.7 Å². The van der Waals surface area contributed by atoms with Gasteiger partial charge in [0.05, 0.1) is 23.3 Å². The first-order valence-corrected chi connectivity index (χ1v) is 11.0. The van der Waals surface area contributed by atoms with Gasteiger partial charge in [-0.05, 0) is 57.1 Å². The van der Waals surface area contributed by atoms with Gasteiger partial charge in [0, 0.05) is 10.6 Å². The zero-order valence-electron chi connectivity index (χ0n) is 17.6. The van der Waals surface area contributed by atoms with Crippen molar-refractivity contribution in [1.82, 2.24) is 15.0 Å². The number of ether oxygens (including phenoxy) is 2. The van der Waals surface area contributed by atoms with Gasteiger partial charge in [0.15, 0.2) is 6.61 Å². The van der Waals surface area contributed by atoms with Crippen LogP contribution in [0.25, 0.3) is 10.2 Å². The van der Waals surface area contributed by atoms with E-state index in [1.165, 1.54) is 16.8 Å². The van der Waals surface area contributed by atoms with Crippen LogP contribution in [0.3, 0.4) is 0 Å². The molecule has 0 saturated heterocycles. The molecule has 1 atom stereocenters. The number of fused-ring (bicyclic) bond motifs is 3. The Bertz CT molecular complexity index is 1130. The van der Waals surface area contributed by atoms with E-state index in [0.29, 0.717) is 34.3 Å². The van der Waals surface area contributed by atoms with Gasteiger partial charge in [0.1, 0.15) is 11.2 Å². The molecule has 0 aromatic carbocycles. The van der Waals surface area contributed by atoms with Gasteiger partial charge in [-0.25, -0.2) is 14.8 Å².